The number of ether oxygens (including phenoxy) is 1. The van der Waals surface area contributed by atoms with Crippen LogP contribution in [-0.4, -0.2) is 43.4 Å². The van der Waals surface area contributed by atoms with E-state index in [1.165, 1.54) is 37.1 Å². The Labute approximate surface area is 76.1 Å². The molecule has 1 atom stereocenters. The third-order valence-corrected chi connectivity index (χ3v) is 3.03. The van der Waals surface area contributed by atoms with Gasteiger partial charge in [0.05, 0.1) is 26.2 Å². The maximum Gasteiger partial charge on any atom is 0.130 e. The Bertz CT molecular complexity index is 128. The molecule has 1 heterocycles. The number of rotatable bonds is 6. The predicted molar refractivity (Wildman–Crippen MR) is 51.1 cm³/mol. The predicted octanol–water partition coefficient (Wildman–Crippen LogP) is 1.65. The Morgan fingerprint density at radius 3 is 2.17 bits per heavy atom. The lowest BCUT2D eigenvalue weighted by Gasteiger charge is -2.36. The van der Waals surface area contributed by atoms with Crippen LogP contribution in [0.25, 0.3) is 0 Å². The molecule has 0 aromatic rings. The Hall–Kier alpha value is -0.0800. The van der Waals surface area contributed by atoms with E-state index in [4.69, 9.17) is 4.74 Å². The van der Waals surface area contributed by atoms with Crippen LogP contribution in [0, 0.1) is 0 Å². The van der Waals surface area contributed by atoms with Gasteiger partial charge in [0.2, 0.25) is 0 Å². The summed E-state index contributed by atoms with van der Waals surface area (Å²) in [6.07, 6.45) is 1.87. The van der Waals surface area contributed by atoms with Gasteiger partial charge in [-0.05, 0) is 20.3 Å². The minimum absolute atomic E-state index is 0.580. The lowest BCUT2D eigenvalue weighted by Crippen LogP contribution is -2.50. The van der Waals surface area contributed by atoms with Crippen molar-refractivity contribution >= 4 is 0 Å². The van der Waals surface area contributed by atoms with Crippen molar-refractivity contribution in [3.05, 3.63) is 0 Å². The number of hydrogen-bond acceptors (Lipinski definition) is 1. The first kappa shape index (κ1) is 10.0. The number of nitrogens with zero attached hydrogens (tertiary/aromatic N) is 1. The normalized spacial score (nSPS) is 22.8. The van der Waals surface area contributed by atoms with Crippen LogP contribution in [0.3, 0.4) is 0 Å². The summed E-state index contributed by atoms with van der Waals surface area (Å²) in [5.41, 5.74) is 0. The second-order valence-electron chi connectivity index (χ2n) is 3.84. The van der Waals surface area contributed by atoms with Crippen molar-refractivity contribution in [3.8, 4) is 0 Å². The fraction of sp³-hybridized carbons (Fsp3) is 1.00. The quantitative estimate of drug-likeness (QED) is 0.438. The zero-order valence-electron chi connectivity index (χ0n) is 8.68. The van der Waals surface area contributed by atoms with Gasteiger partial charge >= 0.3 is 0 Å². The van der Waals surface area contributed by atoms with Gasteiger partial charge in [0.25, 0.3) is 0 Å². The van der Waals surface area contributed by atoms with Crippen molar-refractivity contribution in [1.82, 2.24) is 0 Å². The highest BCUT2D eigenvalue weighted by Crippen LogP contribution is 2.17. The Morgan fingerprint density at radius 2 is 1.83 bits per heavy atom. The molecule has 0 spiro atoms. The SMILES string of the molecule is CCC[N+](CC)(CC)CC1CO1. The van der Waals surface area contributed by atoms with Crippen LogP contribution in [0.1, 0.15) is 27.2 Å². The molecule has 72 valence electrons. The summed E-state index contributed by atoms with van der Waals surface area (Å²) in [5, 5.41) is 0. The third kappa shape index (κ3) is 2.46. The van der Waals surface area contributed by atoms with E-state index in [0.717, 1.165) is 6.61 Å². The van der Waals surface area contributed by atoms with E-state index in [1.54, 1.807) is 0 Å². The van der Waals surface area contributed by atoms with Crippen molar-refractivity contribution in [2.75, 3.05) is 32.8 Å². The Morgan fingerprint density at radius 1 is 1.25 bits per heavy atom. The average Bonchev–Trinajstić information content (AvgIpc) is 2.87. The van der Waals surface area contributed by atoms with Crippen LogP contribution in [0.2, 0.25) is 0 Å². The van der Waals surface area contributed by atoms with Gasteiger partial charge in [-0.1, -0.05) is 6.92 Å². The van der Waals surface area contributed by atoms with Crippen LogP contribution < -0.4 is 0 Å². The third-order valence-electron chi connectivity index (χ3n) is 3.03. The molecular weight excluding hydrogens is 150 g/mol. The first-order valence-corrected chi connectivity index (χ1v) is 5.23. The van der Waals surface area contributed by atoms with E-state index in [1.807, 2.05) is 0 Å². The fourth-order valence-corrected chi connectivity index (χ4v) is 1.97. The van der Waals surface area contributed by atoms with Crippen molar-refractivity contribution in [2.45, 2.75) is 33.3 Å². The minimum atomic E-state index is 0.580. The molecule has 0 amide bonds. The van der Waals surface area contributed by atoms with Crippen molar-refractivity contribution < 1.29 is 9.22 Å². The van der Waals surface area contributed by atoms with E-state index < -0.39 is 0 Å². The zero-order chi connectivity index (χ0) is 9.03. The first-order valence-electron chi connectivity index (χ1n) is 5.23. The van der Waals surface area contributed by atoms with Crippen molar-refractivity contribution in [3.63, 3.8) is 0 Å². The largest absolute Gasteiger partial charge is 0.367 e. The Kier molecular flexibility index (Phi) is 3.53. The molecule has 2 nitrogen and oxygen atoms in total. The smallest absolute Gasteiger partial charge is 0.130 e. The molecule has 0 bridgehead atoms. The van der Waals surface area contributed by atoms with Crippen LogP contribution in [0.4, 0.5) is 0 Å². The lowest BCUT2D eigenvalue weighted by atomic mass is 10.2. The van der Waals surface area contributed by atoms with Gasteiger partial charge in [0.1, 0.15) is 12.6 Å². The van der Waals surface area contributed by atoms with Crippen LogP contribution >= 0.6 is 0 Å². The van der Waals surface area contributed by atoms with Gasteiger partial charge in [-0.25, -0.2) is 0 Å². The fourth-order valence-electron chi connectivity index (χ4n) is 1.97. The number of likely N-dealkylation sites (N-methyl/N-ethyl adjacent to an activating group) is 1. The molecule has 0 aromatic carbocycles. The number of quaternary nitrogens is 1. The molecule has 0 aromatic heterocycles. The summed E-state index contributed by atoms with van der Waals surface area (Å²) < 4.78 is 6.55. The molecule has 0 aliphatic carbocycles. The molecule has 2 heteroatoms. The maximum absolute atomic E-state index is 5.30. The molecule has 12 heavy (non-hydrogen) atoms. The molecule has 0 N–H and O–H groups in total. The standard InChI is InChI=1S/C10H22NO/c1-4-7-11(5-2,6-3)8-10-9-12-10/h10H,4-9H2,1-3H3/q+1. The summed E-state index contributed by atoms with van der Waals surface area (Å²) in [6, 6.07) is 0. The highest BCUT2D eigenvalue weighted by molar-refractivity contribution is 4.68. The molecule has 1 aliphatic rings. The molecular formula is C10H22NO+. The summed E-state index contributed by atoms with van der Waals surface area (Å²) in [7, 11) is 0. The van der Waals surface area contributed by atoms with Crippen LogP contribution in [-0.2, 0) is 4.74 Å². The molecule has 1 fully saturated rings. The van der Waals surface area contributed by atoms with E-state index in [9.17, 15) is 0 Å². The maximum atomic E-state index is 5.30. The van der Waals surface area contributed by atoms with E-state index in [-0.39, 0.29) is 0 Å². The number of hydrogen-bond donors (Lipinski definition) is 0. The highest BCUT2D eigenvalue weighted by Gasteiger charge is 2.34. The first-order chi connectivity index (χ1) is 5.76. The monoisotopic (exact) mass is 172 g/mol. The summed E-state index contributed by atoms with van der Waals surface area (Å²) in [6.45, 7) is 12.9. The van der Waals surface area contributed by atoms with Crippen molar-refractivity contribution in [1.29, 1.82) is 0 Å². The molecule has 1 saturated heterocycles. The molecule has 1 rings (SSSR count). The highest BCUT2D eigenvalue weighted by atomic mass is 16.6. The zero-order valence-corrected chi connectivity index (χ0v) is 8.68. The summed E-state index contributed by atoms with van der Waals surface area (Å²) in [5.74, 6) is 0. The summed E-state index contributed by atoms with van der Waals surface area (Å²) >= 11 is 0. The van der Waals surface area contributed by atoms with Gasteiger partial charge in [-0.3, -0.25) is 0 Å². The van der Waals surface area contributed by atoms with Gasteiger partial charge < -0.3 is 9.22 Å². The lowest BCUT2D eigenvalue weighted by molar-refractivity contribution is -0.925. The van der Waals surface area contributed by atoms with Gasteiger partial charge in [-0.15, -0.1) is 0 Å². The second-order valence-corrected chi connectivity index (χ2v) is 3.84. The van der Waals surface area contributed by atoms with Gasteiger partial charge in [0, 0.05) is 0 Å². The number of epoxide rings is 1. The van der Waals surface area contributed by atoms with Gasteiger partial charge in [-0.2, -0.15) is 0 Å². The minimum Gasteiger partial charge on any atom is -0.367 e. The molecule has 1 aliphatic heterocycles. The van der Waals surface area contributed by atoms with Crippen molar-refractivity contribution in [2.24, 2.45) is 0 Å². The van der Waals surface area contributed by atoms with Crippen LogP contribution in [0.5, 0.6) is 0 Å². The molecule has 0 radical (unpaired) electrons. The second kappa shape index (κ2) is 4.24. The molecule has 0 saturated carbocycles. The molecule has 1 unspecified atom stereocenters. The van der Waals surface area contributed by atoms with E-state index >= 15 is 0 Å². The van der Waals surface area contributed by atoms with E-state index in [2.05, 4.69) is 20.8 Å². The van der Waals surface area contributed by atoms with E-state index in [0.29, 0.717) is 6.10 Å². The van der Waals surface area contributed by atoms with Gasteiger partial charge in [0.15, 0.2) is 0 Å². The topological polar surface area (TPSA) is 12.5 Å². The average molecular weight is 172 g/mol. The van der Waals surface area contributed by atoms with Crippen LogP contribution in [0.15, 0.2) is 0 Å². The summed E-state index contributed by atoms with van der Waals surface area (Å²) in [4.78, 5) is 0. The Balaban J connectivity index is 2.41.